The summed E-state index contributed by atoms with van der Waals surface area (Å²) in [5, 5.41) is 0. The fraction of sp³-hybridized carbons (Fsp3) is 0.184. The van der Waals surface area contributed by atoms with E-state index < -0.39 is 64.9 Å². The fourth-order valence-electron chi connectivity index (χ4n) is 12.3. The van der Waals surface area contributed by atoms with Crippen LogP contribution in [0.4, 0.5) is 61.5 Å². The molecule has 15 rings (SSSR count). The van der Waals surface area contributed by atoms with Crippen LogP contribution in [0.3, 0.4) is 0 Å². The third-order valence-electron chi connectivity index (χ3n) is 18.3. The number of aromatic nitrogens is 15. The van der Waals surface area contributed by atoms with E-state index in [0.717, 1.165) is 90.0 Å². The summed E-state index contributed by atoms with van der Waals surface area (Å²) in [5.74, 6) is -0.117. The van der Waals surface area contributed by atoms with Crippen LogP contribution in [0.2, 0.25) is 0 Å². The summed E-state index contributed by atoms with van der Waals surface area (Å²) < 4.78 is 205. The third-order valence-corrected chi connectivity index (χ3v) is 18.3. The molecule has 702 valence electrons. The Labute approximate surface area is 772 Å². The number of rotatable bonds is 25. The second kappa shape index (κ2) is 45.4. The Balaban J connectivity index is 0.000000164. The van der Waals surface area contributed by atoms with Crippen molar-refractivity contribution in [1.29, 1.82) is 0 Å². The molecule has 0 amide bonds. The van der Waals surface area contributed by atoms with Crippen LogP contribution in [-0.2, 0) is 56.8 Å². The molecule has 0 unspecified atom stereocenters. The highest BCUT2D eigenvalue weighted by molar-refractivity contribution is 5.98. The van der Waals surface area contributed by atoms with Crippen LogP contribution < -0.4 is 23.7 Å². The number of nitrogens with zero attached hydrogens (tertiary/aromatic N) is 15. The van der Waals surface area contributed by atoms with Crippen molar-refractivity contribution >= 4 is 28.9 Å². The average molecular weight is 1890 g/mol. The van der Waals surface area contributed by atoms with Gasteiger partial charge in [0.2, 0.25) is 0 Å². The van der Waals surface area contributed by atoms with Gasteiger partial charge in [0.1, 0.15) is 120 Å². The molecular weight excluding hydrogens is 1810 g/mol. The summed E-state index contributed by atoms with van der Waals surface area (Å²) >= 11 is 0. The molecule has 0 saturated carbocycles. The number of Topliss-reactive ketones (excluding diaryl/α,β-unsaturated/α-hetero) is 5. The topological polar surface area (TPSA) is 325 Å². The van der Waals surface area contributed by atoms with Crippen molar-refractivity contribution in [2.75, 3.05) is 0 Å². The van der Waals surface area contributed by atoms with Crippen LogP contribution in [0.15, 0.2) is 244 Å². The Bertz CT molecular complexity index is 6410. The molecule has 0 aliphatic heterocycles. The molecule has 15 heterocycles. The van der Waals surface area contributed by atoms with E-state index in [1.54, 1.807) is 89.3 Å². The molecule has 0 bridgehead atoms. The molecular formula is C98H77F14N15O10. The number of carbonyl (C=O) groups excluding carboxylic acids is 5. The number of aryl methyl sites for hydroxylation is 9. The van der Waals surface area contributed by atoms with E-state index in [4.69, 9.17) is 23.7 Å². The van der Waals surface area contributed by atoms with Crippen LogP contribution in [0.1, 0.15) is 155 Å². The van der Waals surface area contributed by atoms with Crippen LogP contribution in [-0.4, -0.2) is 104 Å². The number of hydrogen-bond acceptors (Lipinski definition) is 25. The maximum Gasteiger partial charge on any atom is 0.433 e. The van der Waals surface area contributed by atoms with Crippen molar-refractivity contribution in [3.05, 3.63) is 386 Å². The van der Waals surface area contributed by atoms with Crippen molar-refractivity contribution in [1.82, 2.24) is 74.8 Å². The molecule has 0 N–H and O–H groups in total. The van der Waals surface area contributed by atoms with Gasteiger partial charge in [-0.3, -0.25) is 53.9 Å². The number of halogens is 14. The second-order valence-electron chi connectivity index (χ2n) is 30.1. The fourth-order valence-corrected chi connectivity index (χ4v) is 12.3. The highest BCUT2D eigenvalue weighted by Crippen LogP contribution is 2.36. The van der Waals surface area contributed by atoms with Crippen LogP contribution in [0.5, 0.6) is 57.5 Å². The van der Waals surface area contributed by atoms with Crippen LogP contribution in [0, 0.1) is 73.9 Å². The van der Waals surface area contributed by atoms with Gasteiger partial charge in [-0.1, -0.05) is 24.3 Å². The average Bonchev–Trinajstić information content (AvgIpc) is 0.833. The lowest BCUT2D eigenvalue weighted by atomic mass is 10.1. The zero-order chi connectivity index (χ0) is 99.1. The van der Waals surface area contributed by atoms with E-state index in [2.05, 4.69) is 74.8 Å². The Morgan fingerprint density at radius 3 is 0.788 bits per heavy atom. The maximum atomic E-state index is 13.2. The zero-order valence-corrected chi connectivity index (χ0v) is 73.7. The Hall–Kier alpha value is -16.4. The summed E-state index contributed by atoms with van der Waals surface area (Å²) in [6, 6.07) is 46.7. The van der Waals surface area contributed by atoms with Gasteiger partial charge < -0.3 is 23.7 Å². The highest BCUT2D eigenvalue weighted by atomic mass is 19.4. The predicted molar refractivity (Wildman–Crippen MR) is 467 cm³/mol. The first-order valence-corrected chi connectivity index (χ1v) is 40.8. The monoisotopic (exact) mass is 1890 g/mol. The molecule has 0 saturated heterocycles. The molecule has 15 aromatic rings. The number of alkyl halides is 12. The summed E-state index contributed by atoms with van der Waals surface area (Å²) in [7, 11) is 0. The number of ether oxygens (including phenoxy) is 5. The van der Waals surface area contributed by atoms with Gasteiger partial charge >= 0.3 is 24.7 Å². The first kappa shape index (κ1) is 101. The number of hydrogen-bond donors (Lipinski definition) is 0. The molecule has 39 heteroatoms. The molecule has 0 aliphatic carbocycles. The molecule has 137 heavy (non-hydrogen) atoms. The second-order valence-corrected chi connectivity index (χ2v) is 30.1. The van der Waals surface area contributed by atoms with Crippen molar-refractivity contribution in [2.24, 2.45) is 0 Å². The molecule has 0 spiro atoms. The van der Waals surface area contributed by atoms with Crippen molar-refractivity contribution in [3.8, 4) is 57.5 Å². The van der Waals surface area contributed by atoms with E-state index in [-0.39, 0.29) is 141 Å². The minimum absolute atomic E-state index is 0.0703. The Morgan fingerprint density at radius 1 is 0.241 bits per heavy atom. The van der Waals surface area contributed by atoms with Crippen molar-refractivity contribution < 1.29 is 109 Å². The van der Waals surface area contributed by atoms with E-state index in [9.17, 15) is 85.4 Å². The van der Waals surface area contributed by atoms with E-state index >= 15 is 0 Å². The lowest BCUT2D eigenvalue weighted by molar-refractivity contribution is -0.142. The minimum Gasteiger partial charge on any atom is -0.456 e. The number of carbonyl (C=O) groups is 5. The SMILES string of the molecule is Cc1cc(Oc2ccc(C(F)(F)F)nc2)cc(C(=O)Cc2cc(F)ccn2)n1.Cc1ccc(CC(=O)c2cc(Oc3ccc(C(F)(F)F)nc3)cc(C)n2)nc1.Cc1cccc(CC(=O)c2cc(Oc3ccc(C(F)(F)F)nc3)cc(C)n2)n1.Cc1cccc(CC(=O)c2cc(Oc3ccc(C(F)(F)F)nc3)cc(C)n2)n1.Cc1cccc(CC(=O)c2cc(Oc3cncc(F)c3)cc(C)n2)n1. The van der Waals surface area contributed by atoms with Crippen LogP contribution in [0.25, 0.3) is 0 Å². The standard InChI is InChI=1S/3C20H16F3N3O2.C19H13F4N3O2.C19H16FN3O2/c1-12-3-4-14(24-10-12)8-18(27)17-9-16(7-13(2)26-17)28-15-5-6-19(25-11-15)20(21,22)23;2*1-12-4-3-5-14(25-12)9-18(27)17-10-16(8-13(2)26-17)28-15-6-7-19(24-11-15)20(21,22)23;1-11-6-15(28-14-2-3-18(25-10-14)19(21,22)23)9-16(26-11)17(27)8-13-7-12(20)4-5-24-13;1-12-4-3-5-15(22-12)8-19(24)18-9-16(6-13(2)23-18)25-17-7-14(20)10-21-11-17/h3-7,9-11H,8H2,1-2H3;2*3-8,10-11H,9H2,1-2H3;2-7,9-10H,8H2,1H3;3-7,9-11H,8H2,1-2H3. The normalized spacial score (nSPS) is 11.2. The predicted octanol–water partition coefficient (Wildman–Crippen LogP) is 22.6. The summed E-state index contributed by atoms with van der Waals surface area (Å²) in [4.78, 5) is 122. The van der Waals surface area contributed by atoms with Gasteiger partial charge in [-0.2, -0.15) is 52.7 Å². The van der Waals surface area contributed by atoms with Gasteiger partial charge in [0.25, 0.3) is 0 Å². The molecule has 0 aromatic carbocycles. The smallest absolute Gasteiger partial charge is 0.433 e. The highest BCUT2D eigenvalue weighted by Gasteiger charge is 2.36. The quantitative estimate of drug-likeness (QED) is 0.0379. The number of pyridine rings is 15. The van der Waals surface area contributed by atoms with Crippen molar-refractivity contribution in [2.45, 2.75) is 119 Å². The van der Waals surface area contributed by atoms with Gasteiger partial charge in [-0.15, -0.1) is 0 Å². The molecule has 0 radical (unpaired) electrons. The summed E-state index contributed by atoms with van der Waals surface area (Å²) in [6.07, 6.45) is -8.54. The molecule has 0 atom stereocenters. The molecule has 0 fully saturated rings. The Kier molecular flexibility index (Phi) is 33.5. The van der Waals surface area contributed by atoms with Gasteiger partial charge in [-0.25, -0.2) is 53.6 Å². The number of ketones is 5. The van der Waals surface area contributed by atoms with E-state index in [1.807, 2.05) is 70.2 Å². The van der Waals surface area contributed by atoms with Gasteiger partial charge in [-0.05, 0) is 171 Å². The third kappa shape index (κ3) is 31.9. The first-order chi connectivity index (χ1) is 64.8. The maximum absolute atomic E-state index is 13.2. The van der Waals surface area contributed by atoms with Crippen molar-refractivity contribution in [3.63, 3.8) is 0 Å². The van der Waals surface area contributed by atoms with Crippen LogP contribution >= 0.6 is 0 Å². The van der Waals surface area contributed by atoms with Gasteiger partial charge in [0.05, 0.1) is 75.0 Å². The first-order valence-electron chi connectivity index (χ1n) is 40.8. The largest absolute Gasteiger partial charge is 0.456 e. The van der Waals surface area contributed by atoms with Gasteiger partial charge in [0, 0.05) is 147 Å². The van der Waals surface area contributed by atoms with E-state index in [0.29, 0.717) is 57.0 Å². The summed E-state index contributed by atoms with van der Waals surface area (Å²) in [5.41, 5.74) is 5.85. The molecule has 25 nitrogen and oxygen atoms in total. The molecule has 0 aliphatic rings. The van der Waals surface area contributed by atoms with Gasteiger partial charge in [0.15, 0.2) is 28.9 Å². The zero-order valence-electron chi connectivity index (χ0n) is 73.7. The lowest BCUT2D eigenvalue weighted by Gasteiger charge is -2.10. The summed E-state index contributed by atoms with van der Waals surface area (Å²) in [6.45, 7) is 15.9. The molecule has 15 aromatic heterocycles. The van der Waals surface area contributed by atoms with E-state index in [1.165, 1.54) is 79.1 Å². The Morgan fingerprint density at radius 2 is 0.533 bits per heavy atom. The minimum atomic E-state index is -4.55. The lowest BCUT2D eigenvalue weighted by Crippen LogP contribution is -2.09.